The summed E-state index contributed by atoms with van der Waals surface area (Å²) in [7, 11) is 0. The van der Waals surface area contributed by atoms with E-state index < -0.39 is 0 Å². The second-order valence-corrected chi connectivity index (χ2v) is 17.8. The molecule has 7 aromatic carbocycles. The lowest BCUT2D eigenvalue weighted by Crippen LogP contribution is -2.48. The maximum Gasteiger partial charge on any atom is 0.167 e. The van der Waals surface area contributed by atoms with Gasteiger partial charge in [0.05, 0.1) is 5.56 Å². The van der Waals surface area contributed by atoms with Crippen molar-refractivity contribution in [2.24, 2.45) is 17.8 Å². The average molecular weight is 776 g/mol. The van der Waals surface area contributed by atoms with Crippen molar-refractivity contribution in [1.29, 1.82) is 0 Å². The Morgan fingerprint density at radius 3 is 1.50 bits per heavy atom. The SMILES string of the molecule is c1ccc2c(c1)oc1ccc(-c3nc(-c4ccc(C56CC7C[C@H](C5)C[C@@H](C7)C6)cc4)nc(-c4cccc5c4oc4ccccc4c4ccccc4c4ccccc54)n3)cc12. The van der Waals surface area contributed by atoms with Crippen molar-refractivity contribution in [3.63, 3.8) is 0 Å². The highest BCUT2D eigenvalue weighted by Crippen LogP contribution is 2.60. The lowest BCUT2D eigenvalue weighted by Gasteiger charge is -2.57. The minimum absolute atomic E-state index is 0.314. The summed E-state index contributed by atoms with van der Waals surface area (Å²) in [5, 5.41) is 8.61. The van der Waals surface area contributed by atoms with Crippen LogP contribution in [0.3, 0.4) is 0 Å². The molecular weight excluding hydrogens is 735 g/mol. The van der Waals surface area contributed by atoms with Gasteiger partial charge in [0.15, 0.2) is 17.5 Å². The van der Waals surface area contributed by atoms with E-state index in [9.17, 15) is 0 Å². The highest BCUT2D eigenvalue weighted by Gasteiger charge is 2.51. The van der Waals surface area contributed by atoms with E-state index in [4.69, 9.17) is 23.8 Å². The van der Waals surface area contributed by atoms with Crippen LogP contribution in [-0.2, 0) is 5.41 Å². The summed E-state index contributed by atoms with van der Waals surface area (Å²) in [4.78, 5) is 15.9. The summed E-state index contributed by atoms with van der Waals surface area (Å²) in [6, 6.07) is 55.6. The summed E-state index contributed by atoms with van der Waals surface area (Å²) in [6.07, 6.45) is 8.31. The molecule has 10 aromatic rings. The Morgan fingerprint density at radius 2 is 0.850 bits per heavy atom. The molecule has 0 spiro atoms. The Morgan fingerprint density at radius 1 is 0.383 bits per heavy atom. The van der Waals surface area contributed by atoms with E-state index >= 15 is 0 Å². The van der Waals surface area contributed by atoms with E-state index in [0.717, 1.165) is 94.3 Å². The van der Waals surface area contributed by atoms with Gasteiger partial charge in [0.2, 0.25) is 0 Å². The van der Waals surface area contributed by atoms with Gasteiger partial charge in [-0.05, 0) is 125 Å². The summed E-state index contributed by atoms with van der Waals surface area (Å²) in [5.41, 5.74) is 7.66. The smallest absolute Gasteiger partial charge is 0.167 e. The maximum atomic E-state index is 7.17. The molecule has 4 aliphatic carbocycles. The fraction of sp³-hybridized carbons (Fsp3) is 0.182. The van der Waals surface area contributed by atoms with Gasteiger partial charge in [-0.25, -0.2) is 15.0 Å². The van der Waals surface area contributed by atoms with Gasteiger partial charge in [0, 0.05) is 32.7 Å². The minimum atomic E-state index is 0.314. The quantitative estimate of drug-likeness (QED) is 0.178. The Labute approximate surface area is 347 Å². The molecule has 0 saturated heterocycles. The second-order valence-electron chi connectivity index (χ2n) is 17.8. The lowest BCUT2D eigenvalue weighted by molar-refractivity contribution is -0.00518. The molecule has 0 atom stereocenters. The van der Waals surface area contributed by atoms with Gasteiger partial charge >= 0.3 is 0 Å². The van der Waals surface area contributed by atoms with Gasteiger partial charge in [0.25, 0.3) is 0 Å². The van der Waals surface area contributed by atoms with Crippen LogP contribution in [0.4, 0.5) is 0 Å². The van der Waals surface area contributed by atoms with E-state index in [2.05, 4.69) is 133 Å². The first-order valence-corrected chi connectivity index (χ1v) is 21.5. The van der Waals surface area contributed by atoms with Crippen LogP contribution >= 0.6 is 0 Å². The topological polar surface area (TPSA) is 65.0 Å². The molecule has 3 heterocycles. The zero-order valence-corrected chi connectivity index (χ0v) is 33.1. The molecule has 4 saturated carbocycles. The van der Waals surface area contributed by atoms with E-state index in [1.54, 1.807) is 0 Å². The molecule has 0 radical (unpaired) electrons. The fourth-order valence-corrected chi connectivity index (χ4v) is 11.9. The first kappa shape index (κ1) is 34.1. The predicted molar refractivity (Wildman–Crippen MR) is 243 cm³/mol. The van der Waals surface area contributed by atoms with Crippen LogP contribution in [0.2, 0.25) is 0 Å². The molecule has 5 heteroatoms. The minimum Gasteiger partial charge on any atom is -0.456 e. The van der Waals surface area contributed by atoms with Crippen LogP contribution in [0.25, 0.3) is 99.6 Å². The van der Waals surface area contributed by atoms with Crippen molar-refractivity contribution >= 4 is 65.4 Å². The summed E-state index contributed by atoms with van der Waals surface area (Å²) < 4.78 is 13.4. The Balaban J connectivity index is 1.06. The van der Waals surface area contributed by atoms with Crippen molar-refractivity contribution in [3.8, 4) is 34.2 Å². The first-order valence-electron chi connectivity index (χ1n) is 21.5. The molecule has 4 bridgehead atoms. The monoisotopic (exact) mass is 775 g/mol. The fourth-order valence-electron chi connectivity index (χ4n) is 11.9. The Hall–Kier alpha value is -6.85. The van der Waals surface area contributed by atoms with Gasteiger partial charge in [-0.2, -0.15) is 0 Å². The molecule has 288 valence electrons. The summed E-state index contributed by atoms with van der Waals surface area (Å²) >= 11 is 0. The lowest BCUT2D eigenvalue weighted by atomic mass is 9.48. The normalized spacial score (nSPS) is 20.8. The number of fused-ring (bicyclic) bond motifs is 10. The Kier molecular flexibility index (Phi) is 7.42. The van der Waals surface area contributed by atoms with Gasteiger partial charge < -0.3 is 8.83 Å². The Bertz CT molecular complexity index is 3400. The molecule has 0 aliphatic heterocycles. The van der Waals surface area contributed by atoms with E-state index in [1.807, 2.05) is 24.3 Å². The zero-order chi connectivity index (χ0) is 39.4. The zero-order valence-electron chi connectivity index (χ0n) is 33.1. The number of furan rings is 1. The number of hydrogen-bond donors (Lipinski definition) is 0. The molecule has 4 fully saturated rings. The molecular formula is C55H41N3O2. The van der Waals surface area contributed by atoms with E-state index in [-0.39, 0.29) is 0 Å². The molecule has 3 aromatic heterocycles. The van der Waals surface area contributed by atoms with Crippen LogP contribution in [-0.4, -0.2) is 15.0 Å². The number of nitrogens with zero attached hydrogens (tertiary/aromatic N) is 3. The van der Waals surface area contributed by atoms with Crippen LogP contribution < -0.4 is 0 Å². The second kappa shape index (κ2) is 13.1. The largest absolute Gasteiger partial charge is 0.456 e. The molecule has 60 heavy (non-hydrogen) atoms. The van der Waals surface area contributed by atoms with Crippen molar-refractivity contribution in [1.82, 2.24) is 15.0 Å². The van der Waals surface area contributed by atoms with E-state index in [1.165, 1.54) is 44.1 Å². The maximum absolute atomic E-state index is 7.17. The summed E-state index contributed by atoms with van der Waals surface area (Å²) in [5.74, 6) is 4.46. The highest BCUT2D eigenvalue weighted by atomic mass is 16.3. The highest BCUT2D eigenvalue weighted by molar-refractivity contribution is 6.19. The van der Waals surface area contributed by atoms with Crippen molar-refractivity contribution < 1.29 is 8.83 Å². The van der Waals surface area contributed by atoms with Crippen molar-refractivity contribution in [2.75, 3.05) is 0 Å². The third-order valence-electron chi connectivity index (χ3n) is 14.1. The number of rotatable bonds is 4. The third kappa shape index (κ3) is 5.34. The van der Waals surface area contributed by atoms with Crippen LogP contribution in [0.5, 0.6) is 0 Å². The number of benzene rings is 7. The number of hydrogen-bond acceptors (Lipinski definition) is 5. The predicted octanol–water partition coefficient (Wildman–Crippen LogP) is 14.6. The van der Waals surface area contributed by atoms with Gasteiger partial charge in [0.1, 0.15) is 22.3 Å². The standard InChI is InChI=1S/C55H41N3O2/c1-3-12-41-39(10-1)40-11-2-4-13-42(40)45-16-9-17-46(51(45)60-49-19-8-5-14-43(41)49)54-57-52(36-20-23-38(24-21-36)55-30-33-26-34(31-55)28-35(27-33)32-55)56-53(58-54)37-22-25-50-47(29-37)44-15-6-7-18-48(44)59-50/h1-25,29,33-35H,26-28,30-32H2/t33-,34+,35?,55?. The van der Waals surface area contributed by atoms with Gasteiger partial charge in [-0.15, -0.1) is 0 Å². The third-order valence-corrected chi connectivity index (χ3v) is 14.1. The molecule has 5 nitrogen and oxygen atoms in total. The molecule has 14 rings (SSSR count). The number of aromatic nitrogens is 3. The van der Waals surface area contributed by atoms with Crippen molar-refractivity contribution in [2.45, 2.75) is 43.9 Å². The van der Waals surface area contributed by atoms with Gasteiger partial charge in [-0.1, -0.05) is 121 Å². The first-order chi connectivity index (χ1) is 29.6. The molecule has 0 unspecified atom stereocenters. The van der Waals surface area contributed by atoms with Crippen LogP contribution in [0, 0.1) is 17.8 Å². The molecule has 0 amide bonds. The van der Waals surface area contributed by atoms with Crippen LogP contribution in [0.15, 0.2) is 167 Å². The van der Waals surface area contributed by atoms with E-state index in [0.29, 0.717) is 28.5 Å². The van der Waals surface area contributed by atoms with Crippen LogP contribution in [0.1, 0.15) is 44.1 Å². The molecule has 4 aliphatic rings. The summed E-state index contributed by atoms with van der Waals surface area (Å²) in [6.45, 7) is 0. The average Bonchev–Trinajstić information content (AvgIpc) is 3.68. The van der Waals surface area contributed by atoms with Gasteiger partial charge in [-0.3, -0.25) is 0 Å². The molecule has 0 N–H and O–H groups in total. The number of para-hydroxylation sites is 3. The van der Waals surface area contributed by atoms with Crippen molar-refractivity contribution in [3.05, 3.63) is 163 Å².